The first kappa shape index (κ1) is 13.8. The summed E-state index contributed by atoms with van der Waals surface area (Å²) in [5.41, 5.74) is 1.17. The Balaban J connectivity index is 1.98. The summed E-state index contributed by atoms with van der Waals surface area (Å²) in [6.45, 7) is 6.00. The van der Waals surface area contributed by atoms with Gasteiger partial charge in [0.2, 0.25) is 0 Å². The van der Waals surface area contributed by atoms with E-state index in [-0.39, 0.29) is 11.8 Å². The fourth-order valence-corrected chi connectivity index (χ4v) is 2.21. The summed E-state index contributed by atoms with van der Waals surface area (Å²) in [5, 5.41) is 6.18. The molecule has 1 aromatic rings. The van der Waals surface area contributed by atoms with Crippen LogP contribution in [0.25, 0.3) is 0 Å². The second-order valence-electron chi connectivity index (χ2n) is 4.90. The van der Waals surface area contributed by atoms with Crippen LogP contribution in [0, 0.1) is 12.7 Å². The molecule has 2 amide bonds. The minimum absolute atomic E-state index is 0.119. The summed E-state index contributed by atoms with van der Waals surface area (Å²) in [6, 6.07) is 4.84. The summed E-state index contributed by atoms with van der Waals surface area (Å²) in [6.07, 6.45) is 0.999. The number of piperazine rings is 1. The number of aryl methyl sites for hydroxylation is 1. The Morgan fingerprint density at radius 2 is 2.37 bits per heavy atom. The number of amides is 2. The first-order valence-corrected chi connectivity index (χ1v) is 6.65. The van der Waals surface area contributed by atoms with Crippen LogP contribution in [0.3, 0.4) is 0 Å². The highest BCUT2D eigenvalue weighted by atomic mass is 19.1. The molecule has 1 atom stereocenters. The van der Waals surface area contributed by atoms with Crippen molar-refractivity contribution in [2.45, 2.75) is 26.3 Å². The predicted molar refractivity (Wildman–Crippen MR) is 73.8 cm³/mol. The van der Waals surface area contributed by atoms with Gasteiger partial charge in [-0.3, -0.25) is 0 Å². The lowest BCUT2D eigenvalue weighted by atomic mass is 10.1. The first-order valence-electron chi connectivity index (χ1n) is 6.65. The SMILES string of the molecule is CCC1CN(C(=O)Nc2ccc(F)c(C)c2)CCN1. The maximum absolute atomic E-state index is 13.2. The molecule has 0 aromatic heterocycles. The minimum atomic E-state index is -0.258. The molecule has 5 heteroatoms. The van der Waals surface area contributed by atoms with Crippen molar-refractivity contribution in [2.75, 3.05) is 25.0 Å². The maximum atomic E-state index is 13.2. The van der Waals surface area contributed by atoms with Crippen LogP contribution in [0.4, 0.5) is 14.9 Å². The van der Waals surface area contributed by atoms with E-state index in [2.05, 4.69) is 17.6 Å². The lowest BCUT2D eigenvalue weighted by molar-refractivity contribution is 0.188. The fraction of sp³-hybridized carbons (Fsp3) is 0.500. The van der Waals surface area contributed by atoms with Crippen molar-refractivity contribution >= 4 is 11.7 Å². The molecule has 0 radical (unpaired) electrons. The van der Waals surface area contributed by atoms with Gasteiger partial charge in [0, 0.05) is 31.4 Å². The van der Waals surface area contributed by atoms with Gasteiger partial charge in [0.1, 0.15) is 5.82 Å². The van der Waals surface area contributed by atoms with Gasteiger partial charge in [0.15, 0.2) is 0 Å². The Labute approximate surface area is 113 Å². The third-order valence-electron chi connectivity index (χ3n) is 3.44. The van der Waals surface area contributed by atoms with Gasteiger partial charge in [-0.2, -0.15) is 0 Å². The number of nitrogens with one attached hydrogen (secondary N) is 2. The molecule has 19 heavy (non-hydrogen) atoms. The molecule has 104 valence electrons. The lowest BCUT2D eigenvalue weighted by Crippen LogP contribution is -2.53. The quantitative estimate of drug-likeness (QED) is 0.862. The number of hydrogen-bond acceptors (Lipinski definition) is 2. The number of carbonyl (C=O) groups excluding carboxylic acids is 1. The van der Waals surface area contributed by atoms with E-state index in [4.69, 9.17) is 0 Å². The number of rotatable bonds is 2. The third-order valence-corrected chi connectivity index (χ3v) is 3.44. The normalized spacial score (nSPS) is 19.3. The van der Waals surface area contributed by atoms with Crippen molar-refractivity contribution in [2.24, 2.45) is 0 Å². The van der Waals surface area contributed by atoms with Gasteiger partial charge >= 0.3 is 6.03 Å². The number of benzene rings is 1. The van der Waals surface area contributed by atoms with E-state index >= 15 is 0 Å². The Kier molecular flexibility index (Phi) is 4.37. The standard InChI is InChI=1S/C14H20FN3O/c1-3-11-9-18(7-6-16-11)14(19)17-12-4-5-13(15)10(2)8-12/h4-5,8,11,16H,3,6-7,9H2,1-2H3,(H,17,19). The second-order valence-corrected chi connectivity index (χ2v) is 4.90. The van der Waals surface area contributed by atoms with E-state index in [1.807, 2.05) is 0 Å². The first-order chi connectivity index (χ1) is 9.10. The Morgan fingerprint density at radius 1 is 1.58 bits per heavy atom. The highest BCUT2D eigenvalue weighted by Gasteiger charge is 2.21. The molecular weight excluding hydrogens is 245 g/mol. The molecule has 1 unspecified atom stereocenters. The molecule has 1 aliphatic rings. The van der Waals surface area contributed by atoms with Crippen LogP contribution >= 0.6 is 0 Å². The highest BCUT2D eigenvalue weighted by Crippen LogP contribution is 2.14. The summed E-state index contributed by atoms with van der Waals surface area (Å²) in [7, 11) is 0. The fourth-order valence-electron chi connectivity index (χ4n) is 2.21. The van der Waals surface area contributed by atoms with Gasteiger partial charge < -0.3 is 15.5 Å². The average molecular weight is 265 g/mol. The summed E-state index contributed by atoms with van der Waals surface area (Å²) in [4.78, 5) is 13.9. The van der Waals surface area contributed by atoms with Crippen LogP contribution in [-0.2, 0) is 0 Å². The van der Waals surface area contributed by atoms with Crippen LogP contribution in [-0.4, -0.2) is 36.6 Å². The number of halogens is 1. The molecule has 1 aliphatic heterocycles. The average Bonchev–Trinajstić information content (AvgIpc) is 2.43. The molecular formula is C14H20FN3O. The van der Waals surface area contributed by atoms with Crippen molar-refractivity contribution < 1.29 is 9.18 Å². The second kappa shape index (κ2) is 6.02. The third kappa shape index (κ3) is 3.44. The number of anilines is 1. The molecule has 1 aromatic carbocycles. The van der Waals surface area contributed by atoms with E-state index in [9.17, 15) is 9.18 Å². The molecule has 1 fully saturated rings. The predicted octanol–water partition coefficient (Wildman–Crippen LogP) is 2.35. The van der Waals surface area contributed by atoms with Crippen LogP contribution in [0.15, 0.2) is 18.2 Å². The van der Waals surface area contributed by atoms with Crippen molar-refractivity contribution in [3.05, 3.63) is 29.6 Å². The van der Waals surface area contributed by atoms with E-state index in [1.54, 1.807) is 24.0 Å². The molecule has 2 N–H and O–H groups in total. The van der Waals surface area contributed by atoms with Crippen molar-refractivity contribution in [3.8, 4) is 0 Å². The van der Waals surface area contributed by atoms with Crippen LogP contribution < -0.4 is 10.6 Å². The number of hydrogen-bond donors (Lipinski definition) is 2. The van der Waals surface area contributed by atoms with E-state index in [1.165, 1.54) is 6.07 Å². The zero-order valence-electron chi connectivity index (χ0n) is 11.4. The molecule has 0 aliphatic carbocycles. The monoisotopic (exact) mass is 265 g/mol. The molecule has 0 bridgehead atoms. The van der Waals surface area contributed by atoms with Crippen molar-refractivity contribution in [1.29, 1.82) is 0 Å². The lowest BCUT2D eigenvalue weighted by Gasteiger charge is -2.33. The Hall–Kier alpha value is -1.62. The largest absolute Gasteiger partial charge is 0.322 e. The van der Waals surface area contributed by atoms with Crippen LogP contribution in [0.1, 0.15) is 18.9 Å². The highest BCUT2D eigenvalue weighted by molar-refractivity contribution is 5.89. The summed E-state index contributed by atoms with van der Waals surface area (Å²) < 4.78 is 13.2. The molecule has 1 saturated heterocycles. The number of urea groups is 1. The van der Waals surface area contributed by atoms with E-state index in [0.29, 0.717) is 30.4 Å². The van der Waals surface area contributed by atoms with Gasteiger partial charge in [0.05, 0.1) is 0 Å². The molecule has 0 spiro atoms. The molecule has 0 saturated carbocycles. The maximum Gasteiger partial charge on any atom is 0.321 e. The Morgan fingerprint density at radius 3 is 3.05 bits per heavy atom. The number of carbonyl (C=O) groups is 1. The van der Waals surface area contributed by atoms with E-state index in [0.717, 1.165) is 13.0 Å². The van der Waals surface area contributed by atoms with Crippen LogP contribution in [0.5, 0.6) is 0 Å². The summed E-state index contributed by atoms with van der Waals surface area (Å²) in [5.74, 6) is -0.258. The van der Waals surface area contributed by atoms with Gasteiger partial charge in [-0.25, -0.2) is 9.18 Å². The summed E-state index contributed by atoms with van der Waals surface area (Å²) >= 11 is 0. The molecule has 2 rings (SSSR count). The topological polar surface area (TPSA) is 44.4 Å². The van der Waals surface area contributed by atoms with E-state index < -0.39 is 0 Å². The number of nitrogens with zero attached hydrogens (tertiary/aromatic N) is 1. The van der Waals surface area contributed by atoms with Gasteiger partial charge in [-0.15, -0.1) is 0 Å². The minimum Gasteiger partial charge on any atom is -0.322 e. The van der Waals surface area contributed by atoms with Gasteiger partial charge in [-0.1, -0.05) is 6.92 Å². The van der Waals surface area contributed by atoms with Crippen LogP contribution in [0.2, 0.25) is 0 Å². The van der Waals surface area contributed by atoms with Gasteiger partial charge in [0.25, 0.3) is 0 Å². The van der Waals surface area contributed by atoms with Crippen molar-refractivity contribution in [3.63, 3.8) is 0 Å². The Bertz CT molecular complexity index is 464. The zero-order chi connectivity index (χ0) is 13.8. The smallest absolute Gasteiger partial charge is 0.321 e. The zero-order valence-corrected chi connectivity index (χ0v) is 11.4. The van der Waals surface area contributed by atoms with Gasteiger partial charge in [-0.05, 0) is 37.1 Å². The molecule has 4 nitrogen and oxygen atoms in total. The van der Waals surface area contributed by atoms with Crippen molar-refractivity contribution in [1.82, 2.24) is 10.2 Å². The molecule has 1 heterocycles.